The van der Waals surface area contributed by atoms with E-state index < -0.39 is 0 Å². The predicted octanol–water partition coefficient (Wildman–Crippen LogP) is 8.88. The van der Waals surface area contributed by atoms with Crippen LogP contribution in [-0.4, -0.2) is 4.57 Å². The summed E-state index contributed by atoms with van der Waals surface area (Å²) in [5.74, 6) is 0. The zero-order valence-corrected chi connectivity index (χ0v) is 20.1. The molecule has 0 aliphatic carbocycles. The Morgan fingerprint density at radius 3 is 1.77 bits per heavy atom. The van der Waals surface area contributed by atoms with Gasteiger partial charge in [-0.05, 0) is 53.9 Å². The minimum Gasteiger partial charge on any atom is -0.276 e. The maximum Gasteiger partial charge on any atom is 0.263 e. The van der Waals surface area contributed by atoms with Crippen molar-refractivity contribution in [2.24, 2.45) is 0 Å². The van der Waals surface area contributed by atoms with Crippen LogP contribution in [0.3, 0.4) is 0 Å². The molecule has 0 aliphatic rings. The van der Waals surface area contributed by atoms with Crippen molar-refractivity contribution in [2.75, 3.05) is 0 Å². The average Bonchev–Trinajstić information content (AvgIpc) is 3.45. The van der Waals surface area contributed by atoms with Gasteiger partial charge in [0.1, 0.15) is 0 Å². The molecule has 0 unspecified atom stereocenters. The summed E-state index contributed by atoms with van der Waals surface area (Å²) >= 11 is 3.58. The van der Waals surface area contributed by atoms with Crippen molar-refractivity contribution in [1.82, 2.24) is 4.57 Å². The van der Waals surface area contributed by atoms with E-state index >= 15 is 0 Å². The Hall–Kier alpha value is -3.99. The molecule has 0 atom stereocenters. The summed E-state index contributed by atoms with van der Waals surface area (Å²) in [7, 11) is 0. The Labute approximate surface area is 207 Å². The Balaban J connectivity index is 1.56. The molecule has 0 saturated carbocycles. The molecule has 8 aromatic rings. The third-order valence-corrected chi connectivity index (χ3v) is 9.29. The zero-order chi connectivity index (χ0) is 23.1. The summed E-state index contributed by atoms with van der Waals surface area (Å²) in [6, 6.07) is 35.9. The van der Waals surface area contributed by atoms with Crippen molar-refractivity contribution < 1.29 is 0 Å². The largest absolute Gasteiger partial charge is 0.276 e. The summed E-state index contributed by atoms with van der Waals surface area (Å²) in [6.07, 6.45) is 0. The molecule has 8 rings (SSSR count). The molecule has 0 spiro atoms. The SMILES string of the molecule is O=c1c2ccccc2c2cc3c(cc2n1-c1ccc2sc4ccccc4c2c1)sc1ccccc13. The van der Waals surface area contributed by atoms with Gasteiger partial charge >= 0.3 is 0 Å². The van der Waals surface area contributed by atoms with E-state index in [1.165, 1.54) is 40.3 Å². The van der Waals surface area contributed by atoms with Crippen LogP contribution in [0.1, 0.15) is 0 Å². The maximum absolute atomic E-state index is 14.0. The van der Waals surface area contributed by atoms with Crippen LogP contribution in [0.25, 0.3) is 67.7 Å². The van der Waals surface area contributed by atoms with E-state index in [9.17, 15) is 4.79 Å². The maximum atomic E-state index is 14.0. The van der Waals surface area contributed by atoms with Gasteiger partial charge in [0.15, 0.2) is 0 Å². The summed E-state index contributed by atoms with van der Waals surface area (Å²) in [6.45, 7) is 0. The predicted molar refractivity (Wildman–Crippen MR) is 153 cm³/mol. The number of hydrogen-bond acceptors (Lipinski definition) is 3. The Bertz CT molecular complexity index is 2200. The number of nitrogens with zero attached hydrogens (tertiary/aromatic N) is 1. The van der Waals surface area contributed by atoms with E-state index in [2.05, 4.69) is 84.9 Å². The summed E-state index contributed by atoms with van der Waals surface area (Å²) in [5, 5.41) is 7.79. The first kappa shape index (κ1) is 19.3. The Kier molecular flexibility index (Phi) is 3.87. The highest BCUT2D eigenvalue weighted by Crippen LogP contribution is 2.39. The summed E-state index contributed by atoms with van der Waals surface area (Å²) < 4.78 is 6.88. The van der Waals surface area contributed by atoms with E-state index in [4.69, 9.17) is 0 Å². The van der Waals surface area contributed by atoms with E-state index in [-0.39, 0.29) is 5.56 Å². The Morgan fingerprint density at radius 1 is 0.457 bits per heavy atom. The molecule has 35 heavy (non-hydrogen) atoms. The lowest BCUT2D eigenvalue weighted by Crippen LogP contribution is -2.19. The van der Waals surface area contributed by atoms with Gasteiger partial charge in [0.2, 0.25) is 0 Å². The van der Waals surface area contributed by atoms with E-state index in [0.717, 1.165) is 27.4 Å². The van der Waals surface area contributed by atoms with Crippen molar-refractivity contribution >= 4 is 84.7 Å². The van der Waals surface area contributed by atoms with Crippen molar-refractivity contribution in [3.05, 3.63) is 113 Å². The first-order valence-corrected chi connectivity index (χ1v) is 13.2. The quantitative estimate of drug-likeness (QED) is 0.214. The van der Waals surface area contributed by atoms with Crippen molar-refractivity contribution in [1.29, 1.82) is 0 Å². The molecule has 5 aromatic carbocycles. The summed E-state index contributed by atoms with van der Waals surface area (Å²) in [4.78, 5) is 14.0. The molecule has 3 heterocycles. The minimum absolute atomic E-state index is 0.0208. The van der Waals surface area contributed by atoms with Gasteiger partial charge < -0.3 is 0 Å². The molecule has 0 bridgehead atoms. The standard InChI is InChI=1S/C31H17NOS2/c33-31-22-10-2-1-7-19(22)23-16-25-21-9-4-6-12-28(21)35-30(25)17-26(23)32(31)18-13-14-29-24(15-18)20-8-3-5-11-27(20)34-29/h1-17H. The molecular weight excluding hydrogens is 466 g/mol. The molecule has 0 radical (unpaired) electrons. The van der Waals surface area contributed by atoms with Crippen LogP contribution in [0, 0.1) is 0 Å². The number of thiophene rings is 2. The lowest BCUT2D eigenvalue weighted by Gasteiger charge is -2.14. The van der Waals surface area contributed by atoms with Crippen LogP contribution in [0.15, 0.2) is 108 Å². The fraction of sp³-hybridized carbons (Fsp3) is 0. The molecule has 4 heteroatoms. The first-order valence-electron chi connectivity index (χ1n) is 11.6. The van der Waals surface area contributed by atoms with Gasteiger partial charge in [-0.15, -0.1) is 22.7 Å². The van der Waals surface area contributed by atoms with Gasteiger partial charge in [0, 0.05) is 56.8 Å². The van der Waals surface area contributed by atoms with Gasteiger partial charge in [-0.1, -0.05) is 54.6 Å². The lowest BCUT2D eigenvalue weighted by atomic mass is 10.0. The normalized spacial score (nSPS) is 12.1. The highest BCUT2D eigenvalue weighted by atomic mass is 32.1. The monoisotopic (exact) mass is 483 g/mol. The molecular formula is C31H17NOS2. The number of aromatic nitrogens is 1. The molecule has 0 saturated heterocycles. The number of pyridine rings is 1. The smallest absolute Gasteiger partial charge is 0.263 e. The number of rotatable bonds is 1. The second-order valence-electron chi connectivity index (χ2n) is 8.93. The first-order chi connectivity index (χ1) is 17.3. The van der Waals surface area contributed by atoms with Gasteiger partial charge in [-0.2, -0.15) is 0 Å². The molecule has 0 N–H and O–H groups in total. The zero-order valence-electron chi connectivity index (χ0n) is 18.5. The third kappa shape index (κ3) is 2.66. The van der Waals surface area contributed by atoms with E-state index in [1.807, 2.05) is 22.8 Å². The molecule has 0 fully saturated rings. The van der Waals surface area contributed by atoms with E-state index in [0.29, 0.717) is 0 Å². The fourth-order valence-corrected chi connectivity index (χ4v) is 7.61. The van der Waals surface area contributed by atoms with E-state index in [1.54, 1.807) is 22.7 Å². The Morgan fingerprint density at radius 2 is 1.03 bits per heavy atom. The van der Waals surface area contributed by atoms with Crippen LogP contribution in [0.5, 0.6) is 0 Å². The van der Waals surface area contributed by atoms with Crippen LogP contribution in [0.2, 0.25) is 0 Å². The van der Waals surface area contributed by atoms with Gasteiger partial charge in [-0.3, -0.25) is 9.36 Å². The van der Waals surface area contributed by atoms with Gasteiger partial charge in [0.25, 0.3) is 5.56 Å². The number of fused-ring (bicyclic) bond motifs is 9. The van der Waals surface area contributed by atoms with Gasteiger partial charge in [0.05, 0.1) is 5.52 Å². The van der Waals surface area contributed by atoms with Crippen molar-refractivity contribution in [3.8, 4) is 5.69 Å². The van der Waals surface area contributed by atoms with Crippen molar-refractivity contribution in [2.45, 2.75) is 0 Å². The molecule has 0 aliphatic heterocycles. The highest BCUT2D eigenvalue weighted by Gasteiger charge is 2.16. The fourth-order valence-electron chi connectivity index (χ4n) is 5.41. The lowest BCUT2D eigenvalue weighted by molar-refractivity contribution is 1.07. The number of hydrogen-bond donors (Lipinski definition) is 0. The molecule has 3 aromatic heterocycles. The van der Waals surface area contributed by atoms with Crippen LogP contribution < -0.4 is 5.56 Å². The highest BCUT2D eigenvalue weighted by molar-refractivity contribution is 7.26. The molecule has 2 nitrogen and oxygen atoms in total. The second-order valence-corrected chi connectivity index (χ2v) is 11.1. The van der Waals surface area contributed by atoms with Gasteiger partial charge in [-0.25, -0.2) is 0 Å². The van der Waals surface area contributed by atoms with Crippen LogP contribution in [-0.2, 0) is 0 Å². The minimum atomic E-state index is 0.0208. The summed E-state index contributed by atoms with van der Waals surface area (Å²) in [5.41, 5.74) is 1.88. The third-order valence-electron chi connectivity index (χ3n) is 7.01. The van der Waals surface area contributed by atoms with Crippen LogP contribution >= 0.6 is 22.7 Å². The number of benzene rings is 5. The average molecular weight is 484 g/mol. The second kappa shape index (κ2) is 7.01. The molecule has 164 valence electrons. The van der Waals surface area contributed by atoms with Crippen molar-refractivity contribution in [3.63, 3.8) is 0 Å². The topological polar surface area (TPSA) is 22.0 Å². The van der Waals surface area contributed by atoms with Crippen LogP contribution in [0.4, 0.5) is 0 Å². The molecule has 0 amide bonds.